The van der Waals surface area contributed by atoms with Crippen LogP contribution in [0.5, 0.6) is 0 Å². The van der Waals surface area contributed by atoms with Crippen LogP contribution in [0.1, 0.15) is 11.9 Å². The summed E-state index contributed by atoms with van der Waals surface area (Å²) in [5.74, 6) is 0. The lowest BCUT2D eigenvalue weighted by Gasteiger charge is -1.92. The first-order valence-electron chi connectivity index (χ1n) is 4.14. The van der Waals surface area contributed by atoms with E-state index >= 15 is 0 Å². The summed E-state index contributed by atoms with van der Waals surface area (Å²) >= 11 is 3.36. The molecule has 0 saturated heterocycles. The van der Waals surface area contributed by atoms with Crippen molar-refractivity contribution in [2.75, 3.05) is 6.26 Å². The molecule has 0 aliphatic carbocycles. The quantitative estimate of drug-likeness (QED) is 0.713. The summed E-state index contributed by atoms with van der Waals surface area (Å²) in [6.07, 6.45) is 3.03. The molecule has 0 aliphatic heterocycles. The second-order valence-electron chi connectivity index (χ2n) is 2.64. The van der Waals surface area contributed by atoms with Gasteiger partial charge in [0.1, 0.15) is 10.3 Å². The third kappa shape index (κ3) is 1.69. The maximum absolute atomic E-state index is 4.48. The van der Waals surface area contributed by atoms with Crippen molar-refractivity contribution in [3.8, 4) is 0 Å². The maximum atomic E-state index is 4.48. The van der Waals surface area contributed by atoms with Gasteiger partial charge in [-0.2, -0.15) is 0 Å². The van der Waals surface area contributed by atoms with E-state index in [9.17, 15) is 0 Å². The topological polar surface area (TPSA) is 25.8 Å². The van der Waals surface area contributed by atoms with Crippen LogP contribution < -0.4 is 0 Å². The third-order valence-electron chi connectivity index (χ3n) is 1.79. The molecule has 0 amide bonds. The highest BCUT2D eigenvalue weighted by molar-refractivity contribution is 7.98. The fourth-order valence-electron chi connectivity index (χ4n) is 1.11. The Balaban J connectivity index is 2.57. The molecule has 0 radical (unpaired) electrons. The molecular weight excluding hydrogens is 200 g/mol. The number of hydrogen-bond acceptors (Lipinski definition) is 4. The van der Waals surface area contributed by atoms with Crippen LogP contribution in [0.4, 0.5) is 0 Å². The summed E-state index contributed by atoms with van der Waals surface area (Å²) in [7, 11) is 0. The molecule has 0 saturated carbocycles. The second kappa shape index (κ2) is 3.64. The van der Waals surface area contributed by atoms with Crippen molar-refractivity contribution in [2.24, 2.45) is 0 Å². The molecule has 2 rings (SSSR count). The minimum atomic E-state index is 0.996. The summed E-state index contributed by atoms with van der Waals surface area (Å²) in [6.45, 7) is 2.12. The highest BCUT2D eigenvalue weighted by Gasteiger charge is 2.03. The predicted octanol–water partition coefficient (Wildman–Crippen LogP) is 2.98. The molecule has 0 bridgehead atoms. The molecule has 4 heteroatoms. The number of rotatable bonds is 2. The summed E-state index contributed by atoms with van der Waals surface area (Å²) in [6, 6.07) is 4.07. The monoisotopic (exact) mass is 210 g/mol. The molecule has 2 aromatic heterocycles. The van der Waals surface area contributed by atoms with E-state index in [0.717, 1.165) is 21.8 Å². The molecule has 0 unspecified atom stereocenters. The van der Waals surface area contributed by atoms with Crippen LogP contribution in [0.15, 0.2) is 17.2 Å². The van der Waals surface area contributed by atoms with Crippen molar-refractivity contribution in [3.63, 3.8) is 0 Å². The van der Waals surface area contributed by atoms with Crippen LogP contribution >= 0.6 is 23.1 Å². The summed E-state index contributed by atoms with van der Waals surface area (Å²) in [4.78, 5) is 9.99. The number of thioether (sulfide) groups is 1. The normalized spacial score (nSPS) is 10.9. The van der Waals surface area contributed by atoms with Gasteiger partial charge in [-0.25, -0.2) is 9.97 Å². The summed E-state index contributed by atoms with van der Waals surface area (Å²) in [5, 5.41) is 2.24. The van der Waals surface area contributed by atoms with Gasteiger partial charge in [0.15, 0.2) is 0 Å². The van der Waals surface area contributed by atoms with Crippen molar-refractivity contribution in [3.05, 3.63) is 17.1 Å². The van der Waals surface area contributed by atoms with Crippen LogP contribution in [0, 0.1) is 0 Å². The molecule has 68 valence electrons. The van der Waals surface area contributed by atoms with E-state index in [2.05, 4.69) is 16.9 Å². The molecule has 2 aromatic rings. The zero-order valence-corrected chi connectivity index (χ0v) is 9.21. The van der Waals surface area contributed by atoms with E-state index in [0.29, 0.717) is 0 Å². The molecule has 0 atom stereocenters. The van der Waals surface area contributed by atoms with Gasteiger partial charge in [-0.15, -0.1) is 11.8 Å². The van der Waals surface area contributed by atoms with Gasteiger partial charge >= 0.3 is 0 Å². The van der Waals surface area contributed by atoms with E-state index in [4.69, 9.17) is 0 Å². The zero-order chi connectivity index (χ0) is 9.26. The van der Waals surface area contributed by atoms with Crippen LogP contribution in [0.3, 0.4) is 0 Å². The number of nitrogens with zero attached hydrogens (tertiary/aromatic N) is 2. The van der Waals surface area contributed by atoms with Gasteiger partial charge in [-0.05, 0) is 24.8 Å². The molecule has 0 N–H and O–H groups in total. The Labute approximate surface area is 85.4 Å². The smallest absolute Gasteiger partial charge is 0.144 e. The third-order valence-corrected chi connectivity index (χ3v) is 3.54. The maximum Gasteiger partial charge on any atom is 0.144 e. The van der Waals surface area contributed by atoms with Crippen LogP contribution in [-0.2, 0) is 6.42 Å². The second-order valence-corrected chi connectivity index (χ2v) is 4.53. The van der Waals surface area contributed by atoms with Crippen molar-refractivity contribution in [1.29, 1.82) is 0 Å². The standard InChI is InChI=1S/C9H10N2S2/c1-3-7-10-6-4-5-8(12-2)11-9(6)13-7/h4-5H,3H2,1-2H3. The average molecular weight is 210 g/mol. The van der Waals surface area contributed by atoms with Gasteiger partial charge in [0.25, 0.3) is 0 Å². The van der Waals surface area contributed by atoms with Gasteiger partial charge in [-0.1, -0.05) is 18.3 Å². The van der Waals surface area contributed by atoms with Crippen molar-refractivity contribution in [1.82, 2.24) is 9.97 Å². The molecule has 0 aromatic carbocycles. The first-order chi connectivity index (χ1) is 6.33. The fraction of sp³-hybridized carbons (Fsp3) is 0.333. The van der Waals surface area contributed by atoms with Gasteiger partial charge in [0.2, 0.25) is 0 Å². The molecular formula is C9H10N2S2. The first kappa shape index (κ1) is 8.97. The van der Waals surface area contributed by atoms with Crippen molar-refractivity contribution < 1.29 is 0 Å². The van der Waals surface area contributed by atoms with Crippen molar-refractivity contribution >= 4 is 33.4 Å². The van der Waals surface area contributed by atoms with Gasteiger partial charge in [-0.3, -0.25) is 0 Å². The van der Waals surface area contributed by atoms with E-state index < -0.39 is 0 Å². The highest BCUT2D eigenvalue weighted by atomic mass is 32.2. The van der Waals surface area contributed by atoms with E-state index in [1.165, 1.54) is 5.01 Å². The minimum Gasteiger partial charge on any atom is -0.239 e. The van der Waals surface area contributed by atoms with E-state index in [1.807, 2.05) is 18.4 Å². The zero-order valence-electron chi connectivity index (χ0n) is 7.57. The Morgan fingerprint density at radius 1 is 1.38 bits per heavy atom. The summed E-state index contributed by atoms with van der Waals surface area (Å²) in [5.41, 5.74) is 1.03. The number of aryl methyl sites for hydroxylation is 1. The highest BCUT2D eigenvalue weighted by Crippen LogP contribution is 2.23. The van der Waals surface area contributed by atoms with Crippen molar-refractivity contribution in [2.45, 2.75) is 18.4 Å². The predicted molar refractivity (Wildman–Crippen MR) is 58.6 cm³/mol. The number of fused-ring (bicyclic) bond motifs is 1. The van der Waals surface area contributed by atoms with Gasteiger partial charge in [0.05, 0.1) is 10.0 Å². The lowest BCUT2D eigenvalue weighted by Crippen LogP contribution is -1.77. The Hall–Kier alpha value is -0.610. The molecule has 2 heterocycles. The van der Waals surface area contributed by atoms with E-state index in [-0.39, 0.29) is 0 Å². The number of pyridine rings is 1. The summed E-state index contributed by atoms with van der Waals surface area (Å²) < 4.78 is 0. The van der Waals surface area contributed by atoms with Gasteiger partial charge in [0, 0.05) is 0 Å². The SMILES string of the molecule is CCc1nc2ccc(SC)nc2s1. The van der Waals surface area contributed by atoms with Gasteiger partial charge < -0.3 is 0 Å². The number of hydrogen-bond donors (Lipinski definition) is 0. The Morgan fingerprint density at radius 3 is 2.92 bits per heavy atom. The molecule has 2 nitrogen and oxygen atoms in total. The fourth-order valence-corrected chi connectivity index (χ4v) is 2.43. The lowest BCUT2D eigenvalue weighted by atomic mass is 10.4. The molecule has 0 fully saturated rings. The Morgan fingerprint density at radius 2 is 2.23 bits per heavy atom. The van der Waals surface area contributed by atoms with Crippen LogP contribution in [0.2, 0.25) is 0 Å². The van der Waals surface area contributed by atoms with E-state index in [1.54, 1.807) is 23.1 Å². The molecule has 0 spiro atoms. The first-order valence-corrected chi connectivity index (χ1v) is 6.18. The Kier molecular flexibility index (Phi) is 2.51. The average Bonchev–Trinajstić information content (AvgIpc) is 2.58. The van der Waals surface area contributed by atoms with Crippen LogP contribution in [-0.4, -0.2) is 16.2 Å². The minimum absolute atomic E-state index is 0.996. The van der Waals surface area contributed by atoms with Crippen LogP contribution in [0.25, 0.3) is 10.3 Å². The number of aromatic nitrogens is 2. The molecule has 0 aliphatic rings. The Bertz CT molecular complexity index is 420. The largest absolute Gasteiger partial charge is 0.239 e. The molecule has 13 heavy (non-hydrogen) atoms. The lowest BCUT2D eigenvalue weighted by molar-refractivity contribution is 1.11. The number of thiazole rings is 1.